The van der Waals surface area contributed by atoms with E-state index in [9.17, 15) is 0 Å². The molecule has 20 heavy (non-hydrogen) atoms. The molecule has 0 radical (unpaired) electrons. The first-order chi connectivity index (χ1) is 9.46. The lowest BCUT2D eigenvalue weighted by molar-refractivity contribution is -0.0633. The Morgan fingerprint density at radius 2 is 1.95 bits per heavy atom. The van der Waals surface area contributed by atoms with Crippen LogP contribution in [0.25, 0.3) is 0 Å². The molecule has 2 fully saturated rings. The third-order valence-corrected chi connectivity index (χ3v) is 5.74. The van der Waals surface area contributed by atoms with E-state index < -0.39 is 0 Å². The summed E-state index contributed by atoms with van der Waals surface area (Å²) in [5.74, 6) is 0. The van der Waals surface area contributed by atoms with Crippen molar-refractivity contribution in [2.24, 2.45) is 5.41 Å². The highest BCUT2D eigenvalue weighted by atomic mass is 35.5. The maximum atomic E-state index is 6.51. The van der Waals surface area contributed by atoms with Crippen LogP contribution >= 0.6 is 11.6 Å². The lowest BCUT2D eigenvalue weighted by atomic mass is 9.76. The summed E-state index contributed by atoms with van der Waals surface area (Å²) in [6.07, 6.45) is 15.5. The third kappa shape index (κ3) is 3.42. The van der Waals surface area contributed by atoms with Crippen molar-refractivity contribution in [2.75, 3.05) is 0 Å². The van der Waals surface area contributed by atoms with Gasteiger partial charge in [-0.15, -0.1) is 11.6 Å². The third-order valence-electron chi connectivity index (χ3n) is 5.46. The second kappa shape index (κ2) is 5.65. The molecule has 0 aromatic heterocycles. The molecule has 1 saturated heterocycles. The Labute approximate surface area is 129 Å². The van der Waals surface area contributed by atoms with Crippen molar-refractivity contribution < 1.29 is 4.74 Å². The van der Waals surface area contributed by atoms with Crippen molar-refractivity contribution in [1.29, 1.82) is 0 Å². The van der Waals surface area contributed by atoms with Gasteiger partial charge in [-0.2, -0.15) is 0 Å². The molecule has 0 aromatic carbocycles. The Hall–Kier alpha value is -0.0100. The highest BCUT2D eigenvalue weighted by Crippen LogP contribution is 2.45. The van der Waals surface area contributed by atoms with Crippen molar-refractivity contribution in [3.05, 3.63) is 11.6 Å². The summed E-state index contributed by atoms with van der Waals surface area (Å²) < 4.78 is 6.51. The fraction of sp³-hybridized carbons (Fsp3) is 0.889. The van der Waals surface area contributed by atoms with Gasteiger partial charge in [-0.05, 0) is 50.4 Å². The highest BCUT2D eigenvalue weighted by molar-refractivity contribution is 6.21. The topological polar surface area (TPSA) is 9.23 Å². The minimum atomic E-state index is 0.221. The van der Waals surface area contributed by atoms with Crippen LogP contribution in [-0.2, 0) is 4.74 Å². The van der Waals surface area contributed by atoms with Crippen molar-refractivity contribution in [3.8, 4) is 0 Å². The average molecular weight is 297 g/mol. The smallest absolute Gasteiger partial charge is 0.0687 e. The molecule has 0 bridgehead atoms. The normalized spacial score (nSPS) is 36.0. The Kier molecular flexibility index (Phi) is 4.21. The van der Waals surface area contributed by atoms with Crippen LogP contribution in [0.3, 0.4) is 0 Å². The van der Waals surface area contributed by atoms with E-state index in [0.29, 0.717) is 11.5 Å². The van der Waals surface area contributed by atoms with Crippen LogP contribution in [0.15, 0.2) is 11.6 Å². The molecule has 3 aliphatic rings. The largest absolute Gasteiger partial charge is 0.371 e. The van der Waals surface area contributed by atoms with Gasteiger partial charge in [-0.1, -0.05) is 44.8 Å². The number of rotatable bonds is 2. The lowest BCUT2D eigenvalue weighted by Gasteiger charge is -2.35. The van der Waals surface area contributed by atoms with Gasteiger partial charge in [-0.25, -0.2) is 0 Å². The molecule has 1 spiro atoms. The SMILES string of the molecule is CC1(C)CC(CC2CCC3(CCCCC3)O2)=CC(Cl)C1. The molecule has 0 amide bonds. The summed E-state index contributed by atoms with van der Waals surface area (Å²) >= 11 is 6.41. The van der Waals surface area contributed by atoms with E-state index in [2.05, 4.69) is 19.9 Å². The molecule has 1 nitrogen and oxygen atoms in total. The number of hydrogen-bond donors (Lipinski definition) is 0. The van der Waals surface area contributed by atoms with E-state index in [1.54, 1.807) is 5.57 Å². The van der Waals surface area contributed by atoms with Crippen LogP contribution < -0.4 is 0 Å². The van der Waals surface area contributed by atoms with Crippen molar-refractivity contribution in [2.45, 2.75) is 95.1 Å². The molecule has 2 unspecified atom stereocenters. The zero-order valence-electron chi connectivity index (χ0n) is 13.1. The van der Waals surface area contributed by atoms with Crippen molar-refractivity contribution in [3.63, 3.8) is 0 Å². The van der Waals surface area contributed by atoms with Gasteiger partial charge in [0.1, 0.15) is 0 Å². The van der Waals surface area contributed by atoms with Gasteiger partial charge in [0.2, 0.25) is 0 Å². The monoisotopic (exact) mass is 296 g/mol. The maximum absolute atomic E-state index is 6.51. The van der Waals surface area contributed by atoms with E-state index >= 15 is 0 Å². The van der Waals surface area contributed by atoms with Crippen LogP contribution in [0.1, 0.15) is 78.1 Å². The molecular weight excluding hydrogens is 268 g/mol. The molecule has 1 heterocycles. The minimum absolute atomic E-state index is 0.221. The second-order valence-electron chi connectivity index (χ2n) is 8.11. The van der Waals surface area contributed by atoms with Crippen molar-refractivity contribution in [1.82, 2.24) is 0 Å². The summed E-state index contributed by atoms with van der Waals surface area (Å²) in [7, 11) is 0. The molecule has 0 aromatic rings. The predicted molar refractivity (Wildman–Crippen MR) is 85.3 cm³/mol. The van der Waals surface area contributed by atoms with E-state index in [1.165, 1.54) is 51.4 Å². The van der Waals surface area contributed by atoms with E-state index in [1.807, 2.05) is 0 Å². The van der Waals surface area contributed by atoms with Gasteiger partial charge < -0.3 is 4.74 Å². The average Bonchev–Trinajstić information content (AvgIpc) is 2.70. The van der Waals surface area contributed by atoms with Crippen LogP contribution in [0.2, 0.25) is 0 Å². The molecule has 3 rings (SSSR count). The first-order valence-electron chi connectivity index (χ1n) is 8.48. The van der Waals surface area contributed by atoms with E-state index in [4.69, 9.17) is 16.3 Å². The van der Waals surface area contributed by atoms with E-state index in [0.717, 1.165) is 12.8 Å². The molecular formula is C18H29ClO. The number of halogens is 1. The molecule has 1 aliphatic heterocycles. The fourth-order valence-corrected chi connectivity index (χ4v) is 5.22. The summed E-state index contributed by atoms with van der Waals surface area (Å²) in [5, 5.41) is 0.221. The van der Waals surface area contributed by atoms with Gasteiger partial charge in [0.05, 0.1) is 17.1 Å². The molecule has 1 saturated carbocycles. The number of hydrogen-bond acceptors (Lipinski definition) is 1. The van der Waals surface area contributed by atoms with Crippen molar-refractivity contribution >= 4 is 11.6 Å². The molecule has 0 N–H and O–H groups in total. The second-order valence-corrected chi connectivity index (χ2v) is 8.67. The van der Waals surface area contributed by atoms with Crippen LogP contribution in [0.4, 0.5) is 0 Å². The summed E-state index contributed by atoms with van der Waals surface area (Å²) in [5.41, 5.74) is 2.16. The Morgan fingerprint density at radius 3 is 2.65 bits per heavy atom. The molecule has 2 aliphatic carbocycles. The highest BCUT2D eigenvalue weighted by Gasteiger charge is 2.41. The van der Waals surface area contributed by atoms with Gasteiger partial charge >= 0.3 is 0 Å². The summed E-state index contributed by atoms with van der Waals surface area (Å²) in [6, 6.07) is 0. The zero-order chi connectivity index (χ0) is 14.2. The van der Waals surface area contributed by atoms with Gasteiger partial charge in [0.25, 0.3) is 0 Å². The summed E-state index contributed by atoms with van der Waals surface area (Å²) in [6.45, 7) is 4.68. The molecule has 114 valence electrons. The maximum Gasteiger partial charge on any atom is 0.0687 e. The Balaban J connectivity index is 1.59. The predicted octanol–water partition coefficient (Wildman–Crippen LogP) is 5.61. The number of alkyl halides is 1. The first-order valence-corrected chi connectivity index (χ1v) is 8.92. The Morgan fingerprint density at radius 1 is 1.20 bits per heavy atom. The quantitative estimate of drug-likeness (QED) is 0.475. The first kappa shape index (κ1) is 14.9. The minimum Gasteiger partial charge on any atom is -0.371 e. The molecule has 2 heteroatoms. The zero-order valence-corrected chi connectivity index (χ0v) is 13.8. The Bertz CT molecular complexity index is 379. The van der Waals surface area contributed by atoms with E-state index in [-0.39, 0.29) is 11.0 Å². The van der Waals surface area contributed by atoms with Gasteiger partial charge in [0.15, 0.2) is 0 Å². The van der Waals surface area contributed by atoms with Gasteiger partial charge in [0, 0.05) is 0 Å². The summed E-state index contributed by atoms with van der Waals surface area (Å²) in [4.78, 5) is 0. The standard InChI is InChI=1S/C18H29ClO/c1-17(2)12-14(10-15(19)13-17)11-16-6-9-18(20-16)7-4-3-5-8-18/h10,15-16H,3-9,11-13H2,1-2H3. The fourth-order valence-electron chi connectivity index (χ4n) is 4.62. The molecule has 2 atom stereocenters. The van der Waals surface area contributed by atoms with Crippen LogP contribution in [-0.4, -0.2) is 17.1 Å². The van der Waals surface area contributed by atoms with Crippen LogP contribution in [0.5, 0.6) is 0 Å². The van der Waals surface area contributed by atoms with Gasteiger partial charge in [-0.3, -0.25) is 0 Å². The number of allylic oxidation sites excluding steroid dienone is 1. The lowest BCUT2D eigenvalue weighted by Crippen LogP contribution is -2.32. The number of ether oxygens (including phenoxy) is 1. The van der Waals surface area contributed by atoms with Crippen LogP contribution in [0, 0.1) is 5.41 Å².